The highest BCUT2D eigenvalue weighted by Crippen LogP contribution is 2.40. The minimum atomic E-state index is 1.11. The van der Waals surface area contributed by atoms with E-state index in [4.69, 9.17) is 0 Å². The summed E-state index contributed by atoms with van der Waals surface area (Å²) < 4.78 is 4.74. The number of fused-ring (bicyclic) bond motifs is 8. The lowest BCUT2D eigenvalue weighted by Crippen LogP contribution is -1.96. The van der Waals surface area contributed by atoms with E-state index in [1.807, 2.05) is 0 Å². The minimum Gasteiger partial charge on any atom is -0.355 e. The molecule has 0 bridgehead atoms. The van der Waals surface area contributed by atoms with E-state index in [2.05, 4.69) is 184 Å². The summed E-state index contributed by atoms with van der Waals surface area (Å²) in [4.78, 5) is 0. The second-order valence-corrected chi connectivity index (χ2v) is 12.3. The number of para-hydroxylation sites is 4. The van der Waals surface area contributed by atoms with Gasteiger partial charge < -0.3 is 14.5 Å². The van der Waals surface area contributed by atoms with E-state index in [-0.39, 0.29) is 0 Å². The van der Waals surface area contributed by atoms with Crippen molar-refractivity contribution in [3.63, 3.8) is 0 Å². The standard InChI is InChI=1S/C44H29N3/c1-3-11-33(12-4-1)46-41-17-9-7-15-35(41)37-26-30(22-24-43(37)46)29-21-23-39-31(25-29)19-20-32-27-44-38(28-40(32)45-39)36-16-8-10-18-42(36)47(44)34-13-5-2-6-14-34/h1-28,45H. The van der Waals surface area contributed by atoms with Crippen molar-refractivity contribution in [3.8, 4) is 22.5 Å². The summed E-state index contributed by atoms with van der Waals surface area (Å²) in [6.45, 7) is 0. The summed E-state index contributed by atoms with van der Waals surface area (Å²) in [7, 11) is 0. The number of nitrogens with zero attached hydrogens (tertiary/aromatic N) is 2. The Bertz CT molecular complexity index is 2690. The first-order valence-corrected chi connectivity index (χ1v) is 16.1. The van der Waals surface area contributed by atoms with Gasteiger partial charge in [0, 0.05) is 49.9 Å². The summed E-state index contributed by atoms with van der Waals surface area (Å²) >= 11 is 0. The molecule has 47 heavy (non-hydrogen) atoms. The minimum absolute atomic E-state index is 1.11. The first kappa shape index (κ1) is 26.0. The molecule has 1 aliphatic heterocycles. The topological polar surface area (TPSA) is 21.9 Å². The first-order valence-electron chi connectivity index (χ1n) is 16.1. The Morgan fingerprint density at radius 2 is 0.851 bits per heavy atom. The molecule has 0 radical (unpaired) electrons. The lowest BCUT2D eigenvalue weighted by atomic mass is 9.99. The molecule has 220 valence electrons. The number of hydrogen-bond acceptors (Lipinski definition) is 1. The second-order valence-electron chi connectivity index (χ2n) is 12.3. The molecule has 3 heteroatoms. The normalized spacial score (nSPS) is 12.3. The van der Waals surface area contributed by atoms with Gasteiger partial charge in [-0.05, 0) is 89.5 Å². The molecule has 0 saturated carbocycles. The van der Waals surface area contributed by atoms with E-state index in [0.717, 1.165) is 11.4 Å². The zero-order valence-electron chi connectivity index (χ0n) is 25.6. The molecule has 0 atom stereocenters. The van der Waals surface area contributed by atoms with Crippen LogP contribution < -0.4 is 5.32 Å². The third-order valence-electron chi connectivity index (χ3n) is 9.64. The van der Waals surface area contributed by atoms with Crippen LogP contribution in [0.4, 0.5) is 11.4 Å². The van der Waals surface area contributed by atoms with Crippen LogP contribution in [0.2, 0.25) is 0 Å². The van der Waals surface area contributed by atoms with E-state index < -0.39 is 0 Å². The van der Waals surface area contributed by atoms with Crippen molar-refractivity contribution in [3.05, 3.63) is 169 Å². The maximum absolute atomic E-state index is 3.79. The molecule has 0 fully saturated rings. The highest BCUT2D eigenvalue weighted by molar-refractivity contribution is 6.12. The highest BCUT2D eigenvalue weighted by Gasteiger charge is 2.18. The fourth-order valence-corrected chi connectivity index (χ4v) is 7.46. The predicted octanol–water partition coefficient (Wildman–Crippen LogP) is 11.8. The molecular formula is C44H29N3. The van der Waals surface area contributed by atoms with Crippen LogP contribution in [0.1, 0.15) is 11.1 Å². The van der Waals surface area contributed by atoms with Crippen LogP contribution in [0, 0.1) is 0 Å². The third kappa shape index (κ3) is 4.00. The van der Waals surface area contributed by atoms with E-state index >= 15 is 0 Å². The molecule has 0 amide bonds. The largest absolute Gasteiger partial charge is 0.355 e. The molecule has 1 N–H and O–H groups in total. The van der Waals surface area contributed by atoms with Crippen LogP contribution in [-0.2, 0) is 0 Å². The van der Waals surface area contributed by atoms with Crippen LogP contribution in [0.25, 0.3) is 78.3 Å². The predicted molar refractivity (Wildman–Crippen MR) is 199 cm³/mol. The molecule has 0 aliphatic carbocycles. The van der Waals surface area contributed by atoms with Crippen LogP contribution in [0.15, 0.2) is 158 Å². The van der Waals surface area contributed by atoms with Crippen molar-refractivity contribution >= 4 is 67.1 Å². The first-order chi connectivity index (χ1) is 23.3. The van der Waals surface area contributed by atoms with Gasteiger partial charge in [-0.25, -0.2) is 0 Å². The maximum Gasteiger partial charge on any atom is 0.0548 e. The number of rotatable bonds is 3. The fourth-order valence-electron chi connectivity index (χ4n) is 7.46. The molecule has 3 nitrogen and oxygen atoms in total. The molecular weight excluding hydrogens is 571 g/mol. The van der Waals surface area contributed by atoms with Crippen LogP contribution in [0.5, 0.6) is 0 Å². The van der Waals surface area contributed by atoms with Crippen molar-refractivity contribution in [2.45, 2.75) is 0 Å². The third-order valence-corrected chi connectivity index (χ3v) is 9.64. The van der Waals surface area contributed by atoms with E-state index in [0.29, 0.717) is 0 Å². The van der Waals surface area contributed by atoms with Gasteiger partial charge in [0.05, 0.1) is 22.1 Å². The lowest BCUT2D eigenvalue weighted by molar-refractivity contribution is 1.18. The molecule has 10 rings (SSSR count). The molecule has 7 aromatic carbocycles. The van der Waals surface area contributed by atoms with Gasteiger partial charge in [0.15, 0.2) is 0 Å². The van der Waals surface area contributed by atoms with Crippen molar-refractivity contribution in [1.82, 2.24) is 9.13 Å². The second kappa shape index (κ2) is 10.1. The van der Waals surface area contributed by atoms with Gasteiger partial charge in [0.25, 0.3) is 0 Å². The summed E-state index contributed by atoms with van der Waals surface area (Å²) in [6, 6.07) is 56.9. The maximum atomic E-state index is 3.79. The van der Waals surface area contributed by atoms with Crippen LogP contribution in [0.3, 0.4) is 0 Å². The molecule has 2 aromatic heterocycles. The number of nitrogens with one attached hydrogen (secondary N) is 1. The van der Waals surface area contributed by atoms with Gasteiger partial charge in [-0.3, -0.25) is 0 Å². The average molecular weight is 600 g/mol. The van der Waals surface area contributed by atoms with Gasteiger partial charge in [0.2, 0.25) is 0 Å². The Morgan fingerprint density at radius 1 is 0.340 bits per heavy atom. The summed E-state index contributed by atoms with van der Waals surface area (Å²) in [5, 5.41) is 8.81. The molecule has 0 spiro atoms. The smallest absolute Gasteiger partial charge is 0.0548 e. The number of benzene rings is 7. The van der Waals surface area contributed by atoms with Gasteiger partial charge in [-0.2, -0.15) is 0 Å². The number of hydrogen-bond donors (Lipinski definition) is 1. The van der Waals surface area contributed by atoms with Gasteiger partial charge >= 0.3 is 0 Å². The Kier molecular flexibility index (Phi) is 5.57. The summed E-state index contributed by atoms with van der Waals surface area (Å²) in [6.07, 6.45) is 4.50. The summed E-state index contributed by atoms with van der Waals surface area (Å²) in [5.74, 6) is 0. The van der Waals surface area contributed by atoms with Gasteiger partial charge in [-0.15, -0.1) is 0 Å². The van der Waals surface area contributed by atoms with Gasteiger partial charge in [0.1, 0.15) is 0 Å². The average Bonchev–Trinajstić information content (AvgIpc) is 3.56. The van der Waals surface area contributed by atoms with E-state index in [1.165, 1.54) is 77.2 Å². The van der Waals surface area contributed by atoms with Crippen molar-refractivity contribution in [2.75, 3.05) is 5.32 Å². The fraction of sp³-hybridized carbons (Fsp3) is 0. The van der Waals surface area contributed by atoms with Crippen molar-refractivity contribution < 1.29 is 0 Å². The monoisotopic (exact) mass is 599 g/mol. The number of aromatic nitrogens is 2. The lowest BCUT2D eigenvalue weighted by Gasteiger charge is -2.13. The van der Waals surface area contributed by atoms with Crippen molar-refractivity contribution in [2.24, 2.45) is 0 Å². The van der Waals surface area contributed by atoms with Gasteiger partial charge in [-0.1, -0.05) is 97.1 Å². The Morgan fingerprint density at radius 3 is 1.53 bits per heavy atom. The zero-order chi connectivity index (χ0) is 30.9. The van der Waals surface area contributed by atoms with Crippen LogP contribution >= 0.6 is 0 Å². The van der Waals surface area contributed by atoms with E-state index in [9.17, 15) is 0 Å². The Hall–Kier alpha value is -6.32. The molecule has 9 aromatic rings. The van der Waals surface area contributed by atoms with E-state index in [1.54, 1.807) is 0 Å². The molecule has 0 unspecified atom stereocenters. The SMILES string of the molecule is C1=Cc2cc3c(cc2Nc2ccc(-c4ccc5c(c4)c4ccccc4n5-c4ccccc4)cc21)c1ccccc1n3-c1ccccc1. The Balaban J connectivity index is 1.09. The quantitative estimate of drug-likeness (QED) is 0.214. The molecule has 3 heterocycles. The molecule has 1 aliphatic rings. The zero-order valence-corrected chi connectivity index (χ0v) is 25.6. The van der Waals surface area contributed by atoms with Crippen LogP contribution in [-0.4, -0.2) is 9.13 Å². The van der Waals surface area contributed by atoms with Crippen molar-refractivity contribution in [1.29, 1.82) is 0 Å². The Labute approximate surface area is 272 Å². The highest BCUT2D eigenvalue weighted by atomic mass is 15.0. The summed E-state index contributed by atoms with van der Waals surface area (Å²) in [5.41, 5.74) is 14.2. The molecule has 0 saturated heterocycles. The number of anilines is 2.